The first-order valence-corrected chi connectivity index (χ1v) is 16.1. The number of carbonyl (C=O) groups excluding carboxylic acids is 2. The number of piperazine rings is 1. The Morgan fingerprint density at radius 2 is 1.67 bits per heavy atom. The molecule has 15 heteroatoms. The van der Waals surface area contributed by atoms with Gasteiger partial charge >= 0.3 is 0 Å². The normalized spacial score (nSPS) is 15.3. The Labute approximate surface area is 245 Å². The van der Waals surface area contributed by atoms with Gasteiger partial charge in [-0.05, 0) is 49.4 Å². The Morgan fingerprint density at radius 1 is 1.02 bits per heavy atom. The van der Waals surface area contributed by atoms with Crippen LogP contribution in [-0.2, 0) is 24.7 Å². The van der Waals surface area contributed by atoms with Gasteiger partial charge in [-0.25, -0.2) is 26.9 Å². The van der Waals surface area contributed by atoms with E-state index in [0.717, 1.165) is 10.6 Å². The summed E-state index contributed by atoms with van der Waals surface area (Å²) in [4.78, 5) is 36.0. The number of hydrogen-bond donors (Lipinski definition) is 1. The van der Waals surface area contributed by atoms with Crippen LogP contribution in [0, 0.1) is 18.3 Å². The number of nitrogens with zero attached hydrogens (tertiary/aromatic N) is 7. The van der Waals surface area contributed by atoms with E-state index in [4.69, 9.17) is 0 Å². The van der Waals surface area contributed by atoms with Crippen LogP contribution in [0.3, 0.4) is 0 Å². The van der Waals surface area contributed by atoms with Gasteiger partial charge in [0.15, 0.2) is 0 Å². The molecule has 1 aliphatic rings. The maximum atomic E-state index is 14.2. The minimum absolute atomic E-state index is 0.155. The summed E-state index contributed by atoms with van der Waals surface area (Å²) in [5.74, 6) is -0.713. The highest BCUT2D eigenvalue weighted by Crippen LogP contribution is 2.26. The van der Waals surface area contributed by atoms with Crippen LogP contribution in [0.2, 0.25) is 0 Å². The molecule has 1 aliphatic heterocycles. The predicted octanol–water partition coefficient (Wildman–Crippen LogP) is 2.42. The summed E-state index contributed by atoms with van der Waals surface area (Å²) in [5, 5.41) is 12.0. The molecule has 1 unspecified atom stereocenters. The van der Waals surface area contributed by atoms with E-state index in [2.05, 4.69) is 19.6 Å². The highest BCUT2D eigenvalue weighted by atomic mass is 32.2. The molecule has 220 valence electrons. The highest BCUT2D eigenvalue weighted by molar-refractivity contribution is 7.92. The molecule has 1 fully saturated rings. The van der Waals surface area contributed by atoms with Crippen molar-refractivity contribution < 1.29 is 22.2 Å². The van der Waals surface area contributed by atoms with Gasteiger partial charge in [0.05, 0.1) is 22.4 Å². The van der Waals surface area contributed by atoms with Crippen LogP contribution in [-0.4, -0.2) is 78.2 Å². The molecule has 0 aliphatic carbocycles. The third-order valence-corrected chi connectivity index (χ3v) is 10.1. The Kier molecular flexibility index (Phi) is 8.90. The molecule has 4 rings (SSSR count). The Bertz CT molecular complexity index is 1790. The van der Waals surface area contributed by atoms with E-state index in [0.29, 0.717) is 35.3 Å². The summed E-state index contributed by atoms with van der Waals surface area (Å²) < 4.78 is 45.0. The van der Waals surface area contributed by atoms with Gasteiger partial charge in [-0.3, -0.25) is 13.9 Å². The standard InChI is InChI=1S/C27H30N8O5S2/c1-19-17-22(18-28)31-27(29-19)34-13-15-35(16-14-34)42(40,32-20(2)36)23-11-9-21(10-12-23)30-26(37)24-7-5-6-8-25(24)33(3)41(4,38)39/h5-12,17H,13-16H2,1-4H3,(H,30,37). The van der Waals surface area contributed by atoms with E-state index in [1.807, 2.05) is 11.0 Å². The molecule has 1 N–H and O–H groups in total. The fourth-order valence-corrected chi connectivity index (χ4v) is 6.89. The molecule has 2 heterocycles. The van der Waals surface area contributed by atoms with Crippen LogP contribution >= 0.6 is 0 Å². The van der Waals surface area contributed by atoms with Gasteiger partial charge in [0, 0.05) is 51.5 Å². The number of rotatable bonds is 7. The average Bonchev–Trinajstić information content (AvgIpc) is 2.96. The Hall–Kier alpha value is -4.39. The lowest BCUT2D eigenvalue weighted by Gasteiger charge is -2.35. The van der Waals surface area contributed by atoms with Crippen LogP contribution in [0.5, 0.6) is 0 Å². The molecule has 0 bridgehead atoms. The van der Waals surface area contributed by atoms with Gasteiger partial charge < -0.3 is 10.2 Å². The smallest absolute Gasteiger partial charge is 0.257 e. The number of para-hydroxylation sites is 1. The third-order valence-electron chi connectivity index (χ3n) is 6.49. The first kappa shape index (κ1) is 30.6. The number of benzene rings is 2. The largest absolute Gasteiger partial charge is 0.338 e. The van der Waals surface area contributed by atoms with Crippen LogP contribution in [0.15, 0.2) is 63.9 Å². The fourth-order valence-electron chi connectivity index (χ4n) is 4.35. The molecule has 1 atom stereocenters. The van der Waals surface area contributed by atoms with Crippen molar-refractivity contribution in [2.75, 3.05) is 54.0 Å². The first-order chi connectivity index (χ1) is 19.8. The van der Waals surface area contributed by atoms with Gasteiger partial charge in [-0.2, -0.15) is 5.26 Å². The van der Waals surface area contributed by atoms with Crippen molar-refractivity contribution in [2.24, 2.45) is 4.36 Å². The number of sulfonamides is 1. The van der Waals surface area contributed by atoms with Gasteiger partial charge in [-0.1, -0.05) is 12.1 Å². The van der Waals surface area contributed by atoms with E-state index in [-0.39, 0.29) is 30.0 Å². The highest BCUT2D eigenvalue weighted by Gasteiger charge is 2.29. The lowest BCUT2D eigenvalue weighted by atomic mass is 10.1. The van der Waals surface area contributed by atoms with Crippen molar-refractivity contribution in [3.05, 3.63) is 71.5 Å². The summed E-state index contributed by atoms with van der Waals surface area (Å²) in [7, 11) is -5.56. The lowest BCUT2D eigenvalue weighted by Crippen LogP contribution is -2.49. The topological polar surface area (TPSA) is 169 Å². The maximum Gasteiger partial charge on any atom is 0.257 e. The first-order valence-electron chi connectivity index (χ1n) is 12.8. The molecule has 0 spiro atoms. The average molecular weight is 611 g/mol. The van der Waals surface area contributed by atoms with Gasteiger partial charge in [0.25, 0.3) is 11.8 Å². The quantitative estimate of drug-likeness (QED) is 0.422. The second-order valence-electron chi connectivity index (χ2n) is 9.56. The summed E-state index contributed by atoms with van der Waals surface area (Å²) in [5.41, 5.74) is 1.67. The fraction of sp³-hybridized carbons (Fsp3) is 0.296. The molecular formula is C27H30N8O5S2. The van der Waals surface area contributed by atoms with Crippen molar-refractivity contribution in [1.29, 1.82) is 5.26 Å². The van der Waals surface area contributed by atoms with Crippen molar-refractivity contribution in [2.45, 2.75) is 18.7 Å². The monoisotopic (exact) mass is 610 g/mol. The minimum atomic E-state index is -3.60. The maximum absolute atomic E-state index is 14.2. The molecule has 2 amide bonds. The summed E-state index contributed by atoms with van der Waals surface area (Å²) in [6.07, 6.45) is 1.05. The second-order valence-corrected chi connectivity index (χ2v) is 13.7. The van der Waals surface area contributed by atoms with E-state index in [9.17, 15) is 27.5 Å². The van der Waals surface area contributed by atoms with Crippen molar-refractivity contribution >= 4 is 49.1 Å². The predicted molar refractivity (Wildman–Crippen MR) is 159 cm³/mol. The molecule has 13 nitrogen and oxygen atoms in total. The zero-order valence-corrected chi connectivity index (χ0v) is 25.1. The summed E-state index contributed by atoms with van der Waals surface area (Å²) in [6.45, 7) is 4.39. The van der Waals surface area contributed by atoms with Crippen molar-refractivity contribution in [1.82, 2.24) is 14.3 Å². The van der Waals surface area contributed by atoms with Crippen LogP contribution < -0.4 is 14.5 Å². The molecule has 0 radical (unpaired) electrons. The van der Waals surface area contributed by atoms with Crippen LogP contribution in [0.4, 0.5) is 17.3 Å². The van der Waals surface area contributed by atoms with Crippen molar-refractivity contribution in [3.8, 4) is 6.07 Å². The molecule has 0 saturated carbocycles. The Morgan fingerprint density at radius 3 is 2.26 bits per heavy atom. The molecule has 1 aromatic heterocycles. The number of aromatic nitrogens is 2. The van der Waals surface area contributed by atoms with Gasteiger partial charge in [0.2, 0.25) is 16.0 Å². The lowest BCUT2D eigenvalue weighted by molar-refractivity contribution is -0.115. The summed E-state index contributed by atoms with van der Waals surface area (Å²) in [6, 6.07) is 16.1. The number of nitrogens with one attached hydrogen (secondary N) is 1. The zero-order valence-electron chi connectivity index (χ0n) is 23.5. The summed E-state index contributed by atoms with van der Waals surface area (Å²) >= 11 is 0. The van der Waals surface area contributed by atoms with E-state index in [1.165, 1.54) is 38.2 Å². The van der Waals surface area contributed by atoms with Crippen LogP contribution in [0.25, 0.3) is 0 Å². The van der Waals surface area contributed by atoms with Gasteiger partial charge in [0.1, 0.15) is 21.7 Å². The third kappa shape index (κ3) is 6.73. The number of amides is 2. The van der Waals surface area contributed by atoms with E-state index < -0.39 is 31.8 Å². The molecule has 3 aromatic rings. The minimum Gasteiger partial charge on any atom is -0.338 e. The number of hydrogen-bond acceptors (Lipinski definition) is 9. The second kappa shape index (κ2) is 12.2. The molecule has 2 aromatic carbocycles. The molecule has 1 saturated heterocycles. The number of nitriles is 1. The van der Waals surface area contributed by atoms with Crippen molar-refractivity contribution in [3.63, 3.8) is 0 Å². The molecule has 42 heavy (non-hydrogen) atoms. The molecular weight excluding hydrogens is 580 g/mol. The van der Waals surface area contributed by atoms with E-state index >= 15 is 0 Å². The zero-order chi connectivity index (χ0) is 30.7. The number of aryl methyl sites for hydroxylation is 1. The van der Waals surface area contributed by atoms with Gasteiger partial charge in [-0.15, -0.1) is 4.36 Å². The number of carbonyl (C=O) groups is 2. The Balaban J connectivity index is 1.54. The SMILES string of the molecule is CC(=O)N=S(=O)(c1ccc(NC(=O)c2ccccc2N(C)S(C)(=O)=O)cc1)N1CCN(c2nc(C)cc(C#N)n2)CC1. The number of anilines is 3. The van der Waals surface area contributed by atoms with E-state index in [1.54, 1.807) is 41.6 Å². The van der Waals surface area contributed by atoms with Crippen LogP contribution in [0.1, 0.15) is 28.7 Å².